The minimum absolute atomic E-state index is 0.138. The molecule has 0 fully saturated rings. The number of rotatable bonds is 2. The molecule has 0 aliphatic carbocycles. The van der Waals surface area contributed by atoms with Crippen LogP contribution in [0.4, 0.5) is 5.69 Å². The van der Waals surface area contributed by atoms with Crippen molar-refractivity contribution >= 4 is 47.1 Å². The zero-order valence-electron chi connectivity index (χ0n) is 9.64. The summed E-state index contributed by atoms with van der Waals surface area (Å²) in [7, 11) is 3.91. The zero-order chi connectivity index (χ0) is 12.6. The molecule has 0 aromatic heterocycles. The molecule has 0 aliphatic heterocycles. The number of fused-ring (bicyclic) bond motifs is 1. The Labute approximate surface area is 115 Å². The number of benzene rings is 2. The first-order chi connectivity index (χ1) is 7.91. The van der Waals surface area contributed by atoms with Crippen LogP contribution in [-0.2, 0) is 6.39 Å². The molecule has 0 saturated carbocycles. The van der Waals surface area contributed by atoms with Gasteiger partial charge in [-0.1, -0.05) is 0 Å². The van der Waals surface area contributed by atoms with Crippen LogP contribution < -0.4 is 4.90 Å². The first kappa shape index (κ1) is 12.8. The minimum atomic E-state index is -3.05. The van der Waals surface area contributed by atoms with Crippen molar-refractivity contribution in [3.05, 3.63) is 36.4 Å². The molecule has 2 rings (SSSR count). The molecule has 87 valence electrons. The molecular formula is C12H12NO2PbS. The quantitative estimate of drug-likeness (QED) is 0.667. The molecular weight excluding hydrogens is 429 g/mol. The van der Waals surface area contributed by atoms with Gasteiger partial charge in [0.25, 0.3) is 0 Å². The molecule has 0 aliphatic rings. The molecule has 0 atom stereocenters. The van der Waals surface area contributed by atoms with E-state index in [4.69, 9.17) is 0 Å². The molecule has 2 aromatic rings. The van der Waals surface area contributed by atoms with E-state index in [0.717, 1.165) is 16.5 Å². The third kappa shape index (κ3) is 2.47. The summed E-state index contributed by atoms with van der Waals surface area (Å²) in [5, 5.41) is 1.79. The second kappa shape index (κ2) is 4.57. The van der Waals surface area contributed by atoms with Gasteiger partial charge >= 0.3 is 116 Å². The average molecular weight is 441 g/mol. The van der Waals surface area contributed by atoms with Gasteiger partial charge < -0.3 is 0 Å². The van der Waals surface area contributed by atoms with Gasteiger partial charge in [-0.15, -0.1) is 0 Å². The van der Waals surface area contributed by atoms with E-state index in [0.29, 0.717) is 4.90 Å². The SMILES string of the molecule is CN(C)c1cccc2c([S](=O)(=O)[Pb])cccc12. The van der Waals surface area contributed by atoms with Crippen LogP contribution in [0.2, 0.25) is 0 Å². The fourth-order valence-corrected chi connectivity index (χ4v) is 4.69. The van der Waals surface area contributed by atoms with Gasteiger partial charge in [-0.25, -0.2) is 0 Å². The Morgan fingerprint density at radius 2 is 1.59 bits per heavy atom. The molecule has 0 amide bonds. The van der Waals surface area contributed by atoms with Crippen LogP contribution in [0.5, 0.6) is 0 Å². The topological polar surface area (TPSA) is 37.4 Å². The Morgan fingerprint density at radius 3 is 2.18 bits per heavy atom. The van der Waals surface area contributed by atoms with Crippen molar-refractivity contribution < 1.29 is 8.42 Å². The van der Waals surface area contributed by atoms with E-state index in [1.807, 2.05) is 43.3 Å². The Morgan fingerprint density at radius 1 is 1.00 bits per heavy atom. The summed E-state index contributed by atoms with van der Waals surface area (Å²) >= 11 is 0.138. The van der Waals surface area contributed by atoms with Crippen LogP contribution in [0.15, 0.2) is 41.3 Å². The summed E-state index contributed by atoms with van der Waals surface area (Å²) in [5.74, 6) is 0. The van der Waals surface area contributed by atoms with E-state index < -0.39 is 6.39 Å². The molecule has 0 spiro atoms. The summed E-state index contributed by atoms with van der Waals surface area (Å²) in [6, 6.07) is 11.2. The van der Waals surface area contributed by atoms with Crippen molar-refractivity contribution in [3.63, 3.8) is 0 Å². The Balaban J connectivity index is 2.89. The Kier molecular flexibility index (Phi) is 3.44. The maximum absolute atomic E-state index is 11.8. The predicted molar refractivity (Wildman–Crippen MR) is 71.2 cm³/mol. The second-order valence-electron chi connectivity index (χ2n) is 4.03. The van der Waals surface area contributed by atoms with E-state index in [2.05, 4.69) is 0 Å². The monoisotopic (exact) mass is 442 g/mol. The van der Waals surface area contributed by atoms with Gasteiger partial charge in [0.2, 0.25) is 0 Å². The predicted octanol–water partition coefficient (Wildman–Crippen LogP) is 1.76. The fraction of sp³-hybridized carbons (Fsp3) is 0.167. The first-order valence-corrected chi connectivity index (χ1v) is 11.3. The van der Waals surface area contributed by atoms with Crippen LogP contribution in [0, 0.1) is 0 Å². The molecule has 0 saturated heterocycles. The van der Waals surface area contributed by atoms with Crippen molar-refractivity contribution in [1.82, 2.24) is 0 Å². The Hall–Kier alpha value is -0.628. The number of hydrogen-bond acceptors (Lipinski definition) is 3. The van der Waals surface area contributed by atoms with Crippen molar-refractivity contribution in [2.24, 2.45) is 0 Å². The zero-order valence-corrected chi connectivity index (χ0v) is 14.3. The van der Waals surface area contributed by atoms with Gasteiger partial charge in [0.15, 0.2) is 0 Å². The van der Waals surface area contributed by atoms with Crippen molar-refractivity contribution in [3.8, 4) is 0 Å². The number of hydrogen-bond donors (Lipinski definition) is 0. The van der Waals surface area contributed by atoms with Crippen molar-refractivity contribution in [1.29, 1.82) is 0 Å². The fourth-order valence-electron chi connectivity index (χ4n) is 1.89. The Bertz CT molecular complexity index is 665. The first-order valence-electron chi connectivity index (χ1n) is 5.10. The molecule has 0 unspecified atom stereocenters. The van der Waals surface area contributed by atoms with Crippen LogP contribution in [-0.4, -0.2) is 46.8 Å². The van der Waals surface area contributed by atoms with Gasteiger partial charge in [0.1, 0.15) is 0 Å². The van der Waals surface area contributed by atoms with Crippen LogP contribution >= 0.6 is 0 Å². The molecule has 17 heavy (non-hydrogen) atoms. The molecule has 0 bridgehead atoms. The van der Waals surface area contributed by atoms with Crippen LogP contribution in [0.1, 0.15) is 0 Å². The molecule has 5 heteroatoms. The number of nitrogens with zero attached hydrogens (tertiary/aromatic N) is 1. The third-order valence-electron chi connectivity index (χ3n) is 2.63. The normalized spacial score (nSPS) is 11.7. The molecule has 3 radical (unpaired) electrons. The summed E-state index contributed by atoms with van der Waals surface area (Å²) < 4.78 is 23.6. The summed E-state index contributed by atoms with van der Waals surface area (Å²) in [5.41, 5.74) is 1.04. The van der Waals surface area contributed by atoms with E-state index in [9.17, 15) is 8.42 Å². The molecule has 0 heterocycles. The van der Waals surface area contributed by atoms with Crippen LogP contribution in [0.25, 0.3) is 10.8 Å². The van der Waals surface area contributed by atoms with Crippen LogP contribution in [0.3, 0.4) is 0 Å². The van der Waals surface area contributed by atoms with Crippen molar-refractivity contribution in [2.45, 2.75) is 4.90 Å². The van der Waals surface area contributed by atoms with E-state index in [-0.39, 0.29) is 24.3 Å². The van der Waals surface area contributed by atoms with Gasteiger partial charge in [-0.05, 0) is 0 Å². The summed E-state index contributed by atoms with van der Waals surface area (Å²) in [6.45, 7) is 0. The molecule has 0 N–H and O–H groups in total. The maximum atomic E-state index is 11.8. The van der Waals surface area contributed by atoms with E-state index >= 15 is 0 Å². The van der Waals surface area contributed by atoms with Gasteiger partial charge in [-0.3, -0.25) is 0 Å². The van der Waals surface area contributed by atoms with Crippen molar-refractivity contribution in [2.75, 3.05) is 19.0 Å². The van der Waals surface area contributed by atoms with E-state index in [1.165, 1.54) is 0 Å². The van der Waals surface area contributed by atoms with E-state index in [1.54, 1.807) is 12.1 Å². The molecule has 3 nitrogen and oxygen atoms in total. The number of anilines is 1. The van der Waals surface area contributed by atoms with Gasteiger partial charge in [0.05, 0.1) is 0 Å². The third-order valence-corrected chi connectivity index (χ3v) is 6.13. The summed E-state index contributed by atoms with van der Waals surface area (Å²) in [6.07, 6.45) is -3.05. The second-order valence-corrected chi connectivity index (χ2v) is 11.7. The molecule has 2 aromatic carbocycles. The van der Waals surface area contributed by atoms with Gasteiger partial charge in [0, 0.05) is 0 Å². The standard InChI is InChI=1S/C12H12NO2S.Pb/c1-13(2)11-7-3-6-10-9(11)5-4-8-12(10)16(14)15;/h3-8H,1-2H3;. The summed E-state index contributed by atoms with van der Waals surface area (Å²) in [4.78, 5) is 2.44. The van der Waals surface area contributed by atoms with Gasteiger partial charge in [-0.2, -0.15) is 0 Å². The average Bonchev–Trinajstić information content (AvgIpc) is 2.26.